The van der Waals surface area contributed by atoms with Crippen LogP contribution in [0.25, 0.3) is 0 Å². The lowest BCUT2D eigenvalue weighted by molar-refractivity contribution is -0.0990. The normalized spacial score (nSPS) is 26.7. The molecule has 0 spiro atoms. The number of hydrogen-bond donors (Lipinski definition) is 1. The van der Waals surface area contributed by atoms with Crippen molar-refractivity contribution in [3.63, 3.8) is 0 Å². The number of hydrogen-bond acceptors (Lipinski definition) is 4. The van der Waals surface area contributed by atoms with Gasteiger partial charge in [-0.1, -0.05) is 36.4 Å². The summed E-state index contributed by atoms with van der Waals surface area (Å²) in [7, 11) is 3.37. The number of fused-ring (bicyclic) bond motifs is 3. The maximum atomic E-state index is 12.0. The fourth-order valence-corrected chi connectivity index (χ4v) is 5.71. The first-order valence-electron chi connectivity index (χ1n) is 11.7. The second-order valence-electron chi connectivity index (χ2n) is 9.70. The van der Waals surface area contributed by atoms with Crippen molar-refractivity contribution in [2.45, 2.75) is 56.5 Å². The third-order valence-electron chi connectivity index (χ3n) is 7.33. The average Bonchev–Trinajstić information content (AvgIpc) is 2.79. The van der Waals surface area contributed by atoms with Crippen LogP contribution in [0, 0.1) is 5.92 Å². The molecule has 1 saturated carbocycles. The number of aryl methyl sites for hydroxylation is 1. The number of amides is 1. The van der Waals surface area contributed by atoms with Crippen LogP contribution < -0.4 is 4.74 Å². The van der Waals surface area contributed by atoms with Crippen molar-refractivity contribution < 1.29 is 19.4 Å². The minimum Gasteiger partial charge on any atom is -0.410 e. The van der Waals surface area contributed by atoms with Crippen molar-refractivity contribution in [3.8, 4) is 5.75 Å². The van der Waals surface area contributed by atoms with Crippen molar-refractivity contribution in [2.24, 2.45) is 5.92 Å². The standard InChI is InChI=1S/C27H35NO4/c1-4-31-19-26(30)14-15-27(17-20-8-6-5-7-9-20)22(18-26)11-10-21-16-23(12-13-24(21)27)32-25(29)28(2)3/h5-9,12-13,16,22,30H,4,10-11,14-15,17-19H2,1-3H3/t22-,26-,27+/m0/s1. The monoisotopic (exact) mass is 437 g/mol. The van der Waals surface area contributed by atoms with Crippen LogP contribution in [0.2, 0.25) is 0 Å². The van der Waals surface area contributed by atoms with Gasteiger partial charge < -0.3 is 19.5 Å². The predicted octanol–water partition coefficient (Wildman–Crippen LogP) is 4.74. The summed E-state index contributed by atoms with van der Waals surface area (Å²) in [6.45, 7) is 3.01. The lowest BCUT2D eigenvalue weighted by atomic mass is 9.52. The molecule has 172 valence electrons. The van der Waals surface area contributed by atoms with Crippen LogP contribution in [0.3, 0.4) is 0 Å². The molecule has 2 aliphatic carbocycles. The van der Waals surface area contributed by atoms with E-state index in [1.807, 2.05) is 19.1 Å². The fourth-order valence-electron chi connectivity index (χ4n) is 5.71. The van der Waals surface area contributed by atoms with Crippen molar-refractivity contribution in [3.05, 3.63) is 65.2 Å². The van der Waals surface area contributed by atoms with E-state index in [0.29, 0.717) is 24.9 Å². The van der Waals surface area contributed by atoms with Gasteiger partial charge in [-0.05, 0) is 80.2 Å². The molecular weight excluding hydrogens is 402 g/mol. The van der Waals surface area contributed by atoms with E-state index in [9.17, 15) is 9.90 Å². The van der Waals surface area contributed by atoms with Gasteiger partial charge in [0.2, 0.25) is 0 Å². The highest BCUT2D eigenvalue weighted by Gasteiger charge is 2.51. The van der Waals surface area contributed by atoms with Crippen molar-refractivity contribution in [1.82, 2.24) is 4.90 Å². The molecule has 1 fully saturated rings. The SMILES string of the molecule is CCOC[C@]1(O)CC[C@]2(Cc3ccccc3)c3ccc(OC(=O)N(C)C)cc3CC[C@H]2C1. The van der Waals surface area contributed by atoms with E-state index in [1.54, 1.807) is 14.1 Å². The fraction of sp³-hybridized carbons (Fsp3) is 0.519. The summed E-state index contributed by atoms with van der Waals surface area (Å²) in [4.78, 5) is 13.5. The molecule has 5 heteroatoms. The third-order valence-corrected chi connectivity index (χ3v) is 7.33. The highest BCUT2D eigenvalue weighted by atomic mass is 16.6. The van der Waals surface area contributed by atoms with Crippen LogP contribution in [0.4, 0.5) is 4.79 Å². The molecule has 1 N–H and O–H groups in total. The Morgan fingerprint density at radius 1 is 1.16 bits per heavy atom. The molecule has 0 bridgehead atoms. The highest BCUT2D eigenvalue weighted by molar-refractivity contribution is 5.70. The third kappa shape index (κ3) is 4.55. The first-order valence-corrected chi connectivity index (χ1v) is 11.7. The summed E-state index contributed by atoms with van der Waals surface area (Å²) in [5, 5.41) is 11.3. The molecule has 0 saturated heterocycles. The second kappa shape index (κ2) is 9.24. The van der Waals surface area contributed by atoms with Crippen LogP contribution in [0.15, 0.2) is 48.5 Å². The van der Waals surface area contributed by atoms with Crippen LogP contribution >= 0.6 is 0 Å². The van der Waals surface area contributed by atoms with Gasteiger partial charge in [-0.2, -0.15) is 0 Å². The molecule has 1 amide bonds. The quantitative estimate of drug-likeness (QED) is 0.709. The maximum absolute atomic E-state index is 12.0. The molecule has 5 nitrogen and oxygen atoms in total. The van der Waals surface area contributed by atoms with E-state index < -0.39 is 5.60 Å². The molecule has 2 aromatic carbocycles. The van der Waals surface area contributed by atoms with Crippen molar-refractivity contribution in [1.29, 1.82) is 0 Å². The van der Waals surface area contributed by atoms with Crippen LogP contribution in [0.1, 0.15) is 49.3 Å². The van der Waals surface area contributed by atoms with Gasteiger partial charge in [0, 0.05) is 26.1 Å². The molecule has 0 unspecified atom stereocenters. The summed E-state index contributed by atoms with van der Waals surface area (Å²) < 4.78 is 11.2. The van der Waals surface area contributed by atoms with Gasteiger partial charge in [-0.25, -0.2) is 4.79 Å². The van der Waals surface area contributed by atoms with E-state index >= 15 is 0 Å². The smallest absolute Gasteiger partial charge is 0.410 e. The van der Waals surface area contributed by atoms with Crippen molar-refractivity contribution in [2.75, 3.05) is 27.3 Å². The average molecular weight is 438 g/mol. The van der Waals surface area contributed by atoms with Gasteiger partial charge in [-0.3, -0.25) is 0 Å². The first-order chi connectivity index (χ1) is 15.3. The number of carbonyl (C=O) groups excluding carboxylic acids is 1. The largest absolute Gasteiger partial charge is 0.414 e. The zero-order chi connectivity index (χ0) is 22.8. The molecule has 0 aromatic heterocycles. The molecule has 2 aromatic rings. The maximum Gasteiger partial charge on any atom is 0.414 e. The Kier molecular flexibility index (Phi) is 6.59. The minimum absolute atomic E-state index is 0.0303. The second-order valence-corrected chi connectivity index (χ2v) is 9.70. The molecule has 0 heterocycles. The van der Waals surface area contributed by atoms with Gasteiger partial charge in [0.15, 0.2) is 0 Å². The Hall–Kier alpha value is -2.37. The highest BCUT2D eigenvalue weighted by Crippen LogP contribution is 2.54. The summed E-state index contributed by atoms with van der Waals surface area (Å²) in [6, 6.07) is 16.8. The number of benzene rings is 2. The number of ether oxygens (including phenoxy) is 2. The van der Waals surface area contributed by atoms with Gasteiger partial charge in [0.1, 0.15) is 5.75 Å². The van der Waals surface area contributed by atoms with Gasteiger partial charge in [0.25, 0.3) is 0 Å². The predicted molar refractivity (Wildman–Crippen MR) is 125 cm³/mol. The van der Waals surface area contributed by atoms with Crippen molar-refractivity contribution >= 4 is 6.09 Å². The zero-order valence-corrected chi connectivity index (χ0v) is 19.5. The first kappa shape index (κ1) is 22.8. The lowest BCUT2D eigenvalue weighted by Gasteiger charge is -2.53. The van der Waals surface area contributed by atoms with Gasteiger partial charge in [-0.15, -0.1) is 0 Å². The minimum atomic E-state index is -0.750. The topological polar surface area (TPSA) is 59.0 Å². The summed E-state index contributed by atoms with van der Waals surface area (Å²) in [5.74, 6) is 0.976. The van der Waals surface area contributed by atoms with Gasteiger partial charge >= 0.3 is 6.09 Å². The number of aliphatic hydroxyl groups is 1. The van der Waals surface area contributed by atoms with Crippen LogP contribution in [-0.2, 0) is 23.0 Å². The molecular formula is C27H35NO4. The summed E-state index contributed by atoms with van der Waals surface area (Å²) in [5.41, 5.74) is 3.15. The number of rotatable bonds is 6. The summed E-state index contributed by atoms with van der Waals surface area (Å²) >= 11 is 0. The lowest BCUT2D eigenvalue weighted by Crippen LogP contribution is -2.52. The molecule has 0 radical (unpaired) electrons. The van der Waals surface area contributed by atoms with Gasteiger partial charge in [0.05, 0.1) is 12.2 Å². The molecule has 4 rings (SSSR count). The summed E-state index contributed by atoms with van der Waals surface area (Å²) in [6.07, 6.45) is 4.93. The van der Waals surface area contributed by atoms with Crippen LogP contribution in [0.5, 0.6) is 5.75 Å². The number of carbonyl (C=O) groups is 1. The Morgan fingerprint density at radius 2 is 1.94 bits per heavy atom. The Labute approximate surface area is 191 Å². The Bertz CT molecular complexity index is 944. The van der Waals surface area contributed by atoms with Crippen LogP contribution in [-0.4, -0.2) is 49.0 Å². The van der Waals surface area contributed by atoms with E-state index in [1.165, 1.54) is 21.6 Å². The number of nitrogens with zero attached hydrogens (tertiary/aromatic N) is 1. The van der Waals surface area contributed by atoms with E-state index in [4.69, 9.17) is 9.47 Å². The zero-order valence-electron chi connectivity index (χ0n) is 19.5. The van der Waals surface area contributed by atoms with E-state index in [2.05, 4.69) is 36.4 Å². The molecule has 3 atom stereocenters. The Balaban J connectivity index is 1.68. The molecule has 2 aliphatic rings. The molecule has 0 aliphatic heterocycles. The molecule has 32 heavy (non-hydrogen) atoms. The van der Waals surface area contributed by atoms with E-state index in [-0.39, 0.29) is 11.5 Å². The Morgan fingerprint density at radius 3 is 2.66 bits per heavy atom. The van der Waals surface area contributed by atoms with E-state index in [0.717, 1.165) is 38.5 Å².